The molecule has 142 valence electrons. The van der Waals surface area contributed by atoms with E-state index in [1.807, 2.05) is 35.2 Å². The topological polar surface area (TPSA) is 70.7 Å². The van der Waals surface area contributed by atoms with Crippen LogP contribution in [0.5, 0.6) is 0 Å². The van der Waals surface area contributed by atoms with E-state index in [1.54, 1.807) is 0 Å². The number of amides is 2. The lowest BCUT2D eigenvalue weighted by atomic mass is 10.1. The number of nitrogens with one attached hydrogen (secondary N) is 2. The molecule has 6 nitrogen and oxygen atoms in total. The molecule has 2 amide bonds. The van der Waals surface area contributed by atoms with E-state index in [2.05, 4.69) is 17.7 Å². The molecule has 6 heteroatoms. The van der Waals surface area contributed by atoms with Gasteiger partial charge in [-0.15, -0.1) is 0 Å². The third kappa shape index (κ3) is 5.05. The molecular weight excluding hydrogens is 330 g/mol. The lowest BCUT2D eigenvalue weighted by Crippen LogP contribution is -2.42. The SMILES string of the molecule is C[C@@H]1CCCN1C(=O)CNC1CCC(C(=O)NOCc2ccccc2)C1. The third-order valence-corrected chi connectivity index (χ3v) is 5.47. The van der Waals surface area contributed by atoms with Crippen molar-refractivity contribution in [3.05, 3.63) is 35.9 Å². The Morgan fingerprint density at radius 3 is 2.73 bits per heavy atom. The fraction of sp³-hybridized carbons (Fsp3) is 0.600. The predicted molar refractivity (Wildman–Crippen MR) is 98.9 cm³/mol. The van der Waals surface area contributed by atoms with Crippen LogP contribution in [0.15, 0.2) is 30.3 Å². The van der Waals surface area contributed by atoms with Crippen molar-refractivity contribution >= 4 is 11.8 Å². The first-order valence-electron chi connectivity index (χ1n) is 9.62. The molecule has 2 unspecified atom stereocenters. The van der Waals surface area contributed by atoms with Crippen LogP contribution in [-0.2, 0) is 21.0 Å². The van der Waals surface area contributed by atoms with Crippen molar-refractivity contribution in [3.8, 4) is 0 Å². The van der Waals surface area contributed by atoms with E-state index in [9.17, 15) is 9.59 Å². The average Bonchev–Trinajstić information content (AvgIpc) is 3.29. The summed E-state index contributed by atoms with van der Waals surface area (Å²) in [6.07, 6.45) is 4.69. The summed E-state index contributed by atoms with van der Waals surface area (Å²) in [6.45, 7) is 3.71. The summed E-state index contributed by atoms with van der Waals surface area (Å²) in [5.74, 6) is 0.0582. The highest BCUT2D eigenvalue weighted by Crippen LogP contribution is 2.26. The summed E-state index contributed by atoms with van der Waals surface area (Å²) in [5.41, 5.74) is 3.59. The third-order valence-electron chi connectivity index (χ3n) is 5.47. The molecule has 0 aromatic heterocycles. The van der Waals surface area contributed by atoms with Gasteiger partial charge in [0.1, 0.15) is 0 Å². The van der Waals surface area contributed by atoms with E-state index >= 15 is 0 Å². The van der Waals surface area contributed by atoms with Crippen LogP contribution in [0, 0.1) is 5.92 Å². The molecule has 0 radical (unpaired) electrons. The van der Waals surface area contributed by atoms with Crippen molar-refractivity contribution in [1.82, 2.24) is 15.7 Å². The van der Waals surface area contributed by atoms with Gasteiger partial charge in [-0.2, -0.15) is 0 Å². The Morgan fingerprint density at radius 2 is 2.00 bits per heavy atom. The molecule has 1 heterocycles. The summed E-state index contributed by atoms with van der Waals surface area (Å²) in [6, 6.07) is 10.3. The van der Waals surface area contributed by atoms with Crippen LogP contribution in [0.4, 0.5) is 0 Å². The highest BCUT2D eigenvalue weighted by Gasteiger charge is 2.31. The van der Waals surface area contributed by atoms with E-state index in [1.165, 1.54) is 0 Å². The minimum Gasteiger partial charge on any atom is -0.339 e. The number of rotatable bonds is 7. The van der Waals surface area contributed by atoms with Crippen LogP contribution >= 0.6 is 0 Å². The van der Waals surface area contributed by atoms with Gasteiger partial charge in [0.2, 0.25) is 11.8 Å². The Hall–Kier alpha value is -1.92. The molecule has 1 aromatic carbocycles. The summed E-state index contributed by atoms with van der Waals surface area (Å²) < 4.78 is 0. The molecule has 1 aromatic rings. The van der Waals surface area contributed by atoms with Crippen molar-refractivity contribution in [1.29, 1.82) is 0 Å². The molecule has 2 N–H and O–H groups in total. The summed E-state index contributed by atoms with van der Waals surface area (Å²) in [5, 5.41) is 3.33. The summed E-state index contributed by atoms with van der Waals surface area (Å²) >= 11 is 0. The zero-order valence-corrected chi connectivity index (χ0v) is 15.4. The molecule has 1 saturated heterocycles. The van der Waals surface area contributed by atoms with Gasteiger partial charge in [-0.3, -0.25) is 14.4 Å². The standard InChI is InChI=1S/C20H29N3O3/c1-15-6-5-11-23(15)19(24)13-21-18-10-9-17(12-18)20(25)22-26-14-16-7-3-2-4-8-16/h2-4,7-8,15,17-18,21H,5-6,9-14H2,1H3,(H,22,25)/t15-,17?,18?/m1/s1. The van der Waals surface area contributed by atoms with Gasteiger partial charge in [0, 0.05) is 24.5 Å². The molecule has 1 aliphatic carbocycles. The maximum atomic E-state index is 12.3. The summed E-state index contributed by atoms with van der Waals surface area (Å²) in [7, 11) is 0. The van der Waals surface area contributed by atoms with Gasteiger partial charge < -0.3 is 10.2 Å². The fourth-order valence-corrected chi connectivity index (χ4v) is 3.89. The highest BCUT2D eigenvalue weighted by atomic mass is 16.6. The monoisotopic (exact) mass is 359 g/mol. The molecule has 3 atom stereocenters. The van der Waals surface area contributed by atoms with Gasteiger partial charge >= 0.3 is 0 Å². The first-order chi connectivity index (χ1) is 12.6. The zero-order valence-electron chi connectivity index (χ0n) is 15.4. The van der Waals surface area contributed by atoms with Gasteiger partial charge in [-0.25, -0.2) is 5.48 Å². The predicted octanol–water partition coefficient (Wildman–Crippen LogP) is 2.00. The molecule has 0 bridgehead atoms. The summed E-state index contributed by atoms with van der Waals surface area (Å²) in [4.78, 5) is 31.8. The Balaban J connectivity index is 1.34. The highest BCUT2D eigenvalue weighted by molar-refractivity contribution is 5.79. The number of carbonyl (C=O) groups excluding carboxylic acids is 2. The number of likely N-dealkylation sites (tertiary alicyclic amines) is 1. The molecule has 26 heavy (non-hydrogen) atoms. The maximum Gasteiger partial charge on any atom is 0.246 e. The van der Waals surface area contributed by atoms with Gasteiger partial charge in [-0.05, 0) is 44.6 Å². The first kappa shape index (κ1) is 18.9. The van der Waals surface area contributed by atoms with E-state index in [0.717, 1.165) is 44.2 Å². The number of carbonyl (C=O) groups is 2. The van der Waals surface area contributed by atoms with E-state index < -0.39 is 0 Å². The molecule has 1 aliphatic heterocycles. The van der Waals surface area contributed by atoms with Crippen molar-refractivity contribution in [3.63, 3.8) is 0 Å². The van der Waals surface area contributed by atoms with Crippen molar-refractivity contribution < 1.29 is 14.4 Å². The van der Waals surface area contributed by atoms with E-state index in [-0.39, 0.29) is 23.8 Å². The van der Waals surface area contributed by atoms with Crippen LogP contribution in [0.1, 0.15) is 44.6 Å². The minimum absolute atomic E-state index is 0.0518. The van der Waals surface area contributed by atoms with Crippen LogP contribution in [-0.4, -0.2) is 41.9 Å². The minimum atomic E-state index is -0.0651. The van der Waals surface area contributed by atoms with Crippen LogP contribution in [0.25, 0.3) is 0 Å². The van der Waals surface area contributed by atoms with Crippen LogP contribution in [0.3, 0.4) is 0 Å². The van der Waals surface area contributed by atoms with Gasteiger partial charge in [0.15, 0.2) is 0 Å². The van der Waals surface area contributed by atoms with Crippen LogP contribution < -0.4 is 10.8 Å². The lowest BCUT2D eigenvalue weighted by Gasteiger charge is -2.22. The molecule has 2 fully saturated rings. The largest absolute Gasteiger partial charge is 0.339 e. The number of hydroxylamine groups is 1. The molecular formula is C20H29N3O3. The smallest absolute Gasteiger partial charge is 0.246 e. The van der Waals surface area contributed by atoms with Crippen molar-refractivity contribution in [2.24, 2.45) is 5.92 Å². The Morgan fingerprint density at radius 1 is 1.19 bits per heavy atom. The molecule has 1 saturated carbocycles. The number of hydrogen-bond acceptors (Lipinski definition) is 4. The van der Waals surface area contributed by atoms with Crippen LogP contribution in [0.2, 0.25) is 0 Å². The Labute approximate surface area is 155 Å². The maximum absolute atomic E-state index is 12.3. The molecule has 3 rings (SSSR count). The average molecular weight is 359 g/mol. The number of benzene rings is 1. The second-order valence-electron chi connectivity index (χ2n) is 7.41. The fourth-order valence-electron chi connectivity index (χ4n) is 3.89. The van der Waals surface area contributed by atoms with Crippen molar-refractivity contribution in [2.75, 3.05) is 13.1 Å². The Bertz CT molecular complexity index is 608. The van der Waals surface area contributed by atoms with E-state index in [0.29, 0.717) is 19.2 Å². The van der Waals surface area contributed by atoms with Crippen molar-refractivity contribution in [2.45, 2.75) is 57.7 Å². The second kappa shape index (κ2) is 9.14. The normalized spacial score (nSPS) is 25.4. The van der Waals surface area contributed by atoms with Gasteiger partial charge in [-0.1, -0.05) is 30.3 Å². The Kier molecular flexibility index (Phi) is 6.63. The van der Waals surface area contributed by atoms with Gasteiger partial charge in [0.25, 0.3) is 0 Å². The first-order valence-corrected chi connectivity index (χ1v) is 9.62. The van der Waals surface area contributed by atoms with Gasteiger partial charge in [0.05, 0.1) is 13.2 Å². The lowest BCUT2D eigenvalue weighted by molar-refractivity contribution is -0.138. The quantitative estimate of drug-likeness (QED) is 0.731. The number of nitrogens with zero attached hydrogens (tertiary/aromatic N) is 1. The number of hydrogen-bond donors (Lipinski definition) is 2. The van der Waals surface area contributed by atoms with E-state index in [4.69, 9.17) is 4.84 Å². The molecule has 0 spiro atoms. The zero-order chi connectivity index (χ0) is 18.4. The second-order valence-corrected chi connectivity index (χ2v) is 7.41. The molecule has 2 aliphatic rings.